The number of nitrogens with zero attached hydrogens (tertiary/aromatic N) is 2. The van der Waals surface area contributed by atoms with Gasteiger partial charge in [-0.05, 0) is 19.8 Å². The standard InChI is InChI=1S/C24H27N3OS/c1-17(23(28)25-19-13-7-2-3-8-14-19)29-24-21-16-10-9-15-20(21)22(26-27-24)18-11-5-4-6-12-18/h4-6,9-12,15-17,19H,2-3,7-8,13-14H2,1H3,(H,25,28)/t17-/m0/s1. The normalized spacial score (nSPS) is 16.3. The molecule has 1 aliphatic carbocycles. The van der Waals surface area contributed by atoms with E-state index in [9.17, 15) is 4.79 Å². The Morgan fingerprint density at radius 2 is 1.59 bits per heavy atom. The Kier molecular flexibility index (Phi) is 6.45. The minimum absolute atomic E-state index is 0.0971. The second-order valence-electron chi connectivity index (χ2n) is 7.72. The highest BCUT2D eigenvalue weighted by molar-refractivity contribution is 8.00. The zero-order valence-corrected chi connectivity index (χ0v) is 17.6. The van der Waals surface area contributed by atoms with E-state index >= 15 is 0 Å². The molecular formula is C24H27N3OS. The quantitative estimate of drug-likeness (QED) is 0.442. The molecule has 0 aliphatic heterocycles. The second kappa shape index (κ2) is 9.40. The molecule has 0 bridgehead atoms. The van der Waals surface area contributed by atoms with Crippen molar-refractivity contribution in [3.8, 4) is 11.3 Å². The van der Waals surface area contributed by atoms with Gasteiger partial charge in [0.1, 0.15) is 10.7 Å². The summed E-state index contributed by atoms with van der Waals surface area (Å²) in [5.41, 5.74) is 1.92. The van der Waals surface area contributed by atoms with Crippen LogP contribution in [0.1, 0.15) is 45.4 Å². The van der Waals surface area contributed by atoms with Gasteiger partial charge in [-0.15, -0.1) is 10.2 Å². The van der Waals surface area contributed by atoms with Gasteiger partial charge in [-0.2, -0.15) is 0 Å². The highest BCUT2D eigenvalue weighted by Gasteiger charge is 2.21. The fraction of sp³-hybridized carbons (Fsp3) is 0.375. The van der Waals surface area contributed by atoms with E-state index in [0.29, 0.717) is 6.04 Å². The van der Waals surface area contributed by atoms with E-state index in [2.05, 4.69) is 27.6 Å². The van der Waals surface area contributed by atoms with Crippen molar-refractivity contribution in [3.05, 3.63) is 54.6 Å². The number of carbonyl (C=O) groups excluding carboxylic acids is 1. The van der Waals surface area contributed by atoms with Crippen LogP contribution in [0.25, 0.3) is 22.0 Å². The zero-order chi connectivity index (χ0) is 20.1. The summed E-state index contributed by atoms with van der Waals surface area (Å²) in [5, 5.41) is 15.0. The van der Waals surface area contributed by atoms with Gasteiger partial charge in [0.2, 0.25) is 5.91 Å². The van der Waals surface area contributed by atoms with Crippen LogP contribution in [0.5, 0.6) is 0 Å². The molecule has 0 spiro atoms. The maximum absolute atomic E-state index is 12.8. The van der Waals surface area contributed by atoms with Crippen molar-refractivity contribution in [2.24, 2.45) is 0 Å². The van der Waals surface area contributed by atoms with Gasteiger partial charge >= 0.3 is 0 Å². The lowest BCUT2D eigenvalue weighted by molar-refractivity contribution is -0.121. The zero-order valence-electron chi connectivity index (χ0n) is 16.8. The molecule has 1 N–H and O–H groups in total. The summed E-state index contributed by atoms with van der Waals surface area (Å²) < 4.78 is 0. The molecule has 1 fully saturated rings. The van der Waals surface area contributed by atoms with Crippen LogP contribution in [0.4, 0.5) is 0 Å². The van der Waals surface area contributed by atoms with Crippen LogP contribution in [-0.4, -0.2) is 27.4 Å². The van der Waals surface area contributed by atoms with Gasteiger partial charge in [-0.1, -0.05) is 92.0 Å². The number of fused-ring (bicyclic) bond motifs is 1. The molecule has 1 aliphatic rings. The van der Waals surface area contributed by atoms with E-state index in [4.69, 9.17) is 0 Å². The Bertz CT molecular complexity index is 968. The first-order valence-electron chi connectivity index (χ1n) is 10.5. The Hall–Kier alpha value is -2.40. The molecule has 1 atom stereocenters. The lowest BCUT2D eigenvalue weighted by Crippen LogP contribution is -2.39. The fourth-order valence-corrected chi connectivity index (χ4v) is 4.84. The van der Waals surface area contributed by atoms with Crippen LogP contribution in [0.2, 0.25) is 0 Å². The van der Waals surface area contributed by atoms with Gasteiger partial charge < -0.3 is 5.32 Å². The molecule has 0 radical (unpaired) electrons. The minimum atomic E-state index is -0.210. The second-order valence-corrected chi connectivity index (χ2v) is 9.05. The Morgan fingerprint density at radius 3 is 2.31 bits per heavy atom. The number of hydrogen-bond donors (Lipinski definition) is 1. The largest absolute Gasteiger partial charge is 0.352 e. The monoisotopic (exact) mass is 405 g/mol. The van der Waals surface area contributed by atoms with Crippen molar-refractivity contribution in [2.75, 3.05) is 0 Å². The molecular weight excluding hydrogens is 378 g/mol. The molecule has 150 valence electrons. The van der Waals surface area contributed by atoms with Crippen molar-refractivity contribution in [3.63, 3.8) is 0 Å². The smallest absolute Gasteiger partial charge is 0.233 e. The predicted octanol–water partition coefficient (Wildman–Crippen LogP) is 5.62. The highest BCUT2D eigenvalue weighted by Crippen LogP contribution is 2.33. The van der Waals surface area contributed by atoms with E-state index in [1.807, 2.05) is 49.4 Å². The van der Waals surface area contributed by atoms with Crippen LogP contribution in [0.15, 0.2) is 59.6 Å². The number of carbonyl (C=O) groups is 1. The number of thioether (sulfide) groups is 1. The summed E-state index contributed by atoms with van der Waals surface area (Å²) in [4.78, 5) is 12.8. The van der Waals surface area contributed by atoms with Crippen molar-refractivity contribution < 1.29 is 4.79 Å². The summed E-state index contributed by atoms with van der Waals surface area (Å²) in [7, 11) is 0. The summed E-state index contributed by atoms with van der Waals surface area (Å²) in [6, 6.07) is 18.6. The number of aromatic nitrogens is 2. The summed E-state index contributed by atoms with van der Waals surface area (Å²) in [6.45, 7) is 1.96. The number of rotatable bonds is 5. The minimum Gasteiger partial charge on any atom is -0.352 e. The van der Waals surface area contributed by atoms with Crippen LogP contribution < -0.4 is 5.32 Å². The topological polar surface area (TPSA) is 54.9 Å². The van der Waals surface area contributed by atoms with Gasteiger partial charge in [-0.25, -0.2) is 0 Å². The number of benzene rings is 2. The van der Waals surface area contributed by atoms with Crippen molar-refractivity contribution >= 4 is 28.4 Å². The first-order chi connectivity index (χ1) is 14.2. The van der Waals surface area contributed by atoms with Gasteiger partial charge in [0.15, 0.2) is 0 Å². The number of amides is 1. The summed E-state index contributed by atoms with van der Waals surface area (Å²) >= 11 is 1.49. The Labute approximate surface area is 176 Å². The van der Waals surface area contributed by atoms with Crippen molar-refractivity contribution in [1.82, 2.24) is 15.5 Å². The first kappa shape index (κ1) is 19.9. The van der Waals surface area contributed by atoms with Crippen LogP contribution in [-0.2, 0) is 4.79 Å². The molecule has 1 aromatic heterocycles. The van der Waals surface area contributed by atoms with Crippen LogP contribution >= 0.6 is 11.8 Å². The van der Waals surface area contributed by atoms with Gasteiger partial charge in [-0.3, -0.25) is 4.79 Å². The molecule has 0 unspecified atom stereocenters. The lowest BCUT2D eigenvalue weighted by atomic mass is 10.1. The third-order valence-electron chi connectivity index (χ3n) is 5.56. The molecule has 2 aromatic carbocycles. The molecule has 3 aromatic rings. The number of nitrogens with one attached hydrogen (secondary N) is 1. The van der Waals surface area contributed by atoms with Gasteiger partial charge in [0.25, 0.3) is 0 Å². The molecule has 4 rings (SSSR count). The molecule has 1 heterocycles. The Balaban J connectivity index is 1.54. The SMILES string of the molecule is C[C@H](Sc1nnc(-c2ccccc2)c2ccccc12)C(=O)NC1CCCCCC1. The van der Waals surface area contributed by atoms with E-state index < -0.39 is 0 Å². The lowest BCUT2D eigenvalue weighted by Gasteiger charge is -2.19. The third-order valence-corrected chi connectivity index (χ3v) is 6.65. The molecule has 5 heteroatoms. The summed E-state index contributed by atoms with van der Waals surface area (Å²) in [5.74, 6) is 0.0971. The Morgan fingerprint density at radius 1 is 0.931 bits per heavy atom. The molecule has 29 heavy (non-hydrogen) atoms. The van der Waals surface area contributed by atoms with Crippen molar-refractivity contribution in [2.45, 2.75) is 61.8 Å². The average Bonchev–Trinajstić information content (AvgIpc) is 3.03. The van der Waals surface area contributed by atoms with E-state index in [0.717, 1.165) is 39.9 Å². The van der Waals surface area contributed by atoms with Crippen LogP contribution in [0, 0.1) is 0 Å². The van der Waals surface area contributed by atoms with Gasteiger partial charge in [0.05, 0.1) is 5.25 Å². The predicted molar refractivity (Wildman–Crippen MR) is 120 cm³/mol. The highest BCUT2D eigenvalue weighted by atomic mass is 32.2. The van der Waals surface area contributed by atoms with Crippen LogP contribution in [0.3, 0.4) is 0 Å². The molecule has 0 saturated heterocycles. The molecule has 1 saturated carbocycles. The molecule has 1 amide bonds. The fourth-order valence-electron chi connectivity index (χ4n) is 3.94. The van der Waals surface area contributed by atoms with E-state index in [1.54, 1.807) is 0 Å². The average molecular weight is 406 g/mol. The van der Waals surface area contributed by atoms with E-state index in [1.165, 1.54) is 37.4 Å². The molecule has 4 nitrogen and oxygen atoms in total. The maximum atomic E-state index is 12.8. The van der Waals surface area contributed by atoms with Crippen molar-refractivity contribution in [1.29, 1.82) is 0 Å². The maximum Gasteiger partial charge on any atom is 0.233 e. The van der Waals surface area contributed by atoms with E-state index in [-0.39, 0.29) is 11.2 Å². The summed E-state index contributed by atoms with van der Waals surface area (Å²) in [6.07, 6.45) is 7.18. The third kappa shape index (κ3) is 4.78. The number of hydrogen-bond acceptors (Lipinski definition) is 4. The van der Waals surface area contributed by atoms with Gasteiger partial charge in [0, 0.05) is 22.4 Å². The first-order valence-corrected chi connectivity index (χ1v) is 11.4.